The number of para-hydroxylation sites is 1. The van der Waals surface area contributed by atoms with Crippen molar-refractivity contribution >= 4 is 22.2 Å². The van der Waals surface area contributed by atoms with E-state index in [0.29, 0.717) is 0 Å². The van der Waals surface area contributed by atoms with Gasteiger partial charge in [0, 0.05) is 23.6 Å². The Morgan fingerprint density at radius 2 is 2.11 bits per heavy atom. The molecule has 0 bridgehead atoms. The molecule has 0 radical (unpaired) electrons. The van der Waals surface area contributed by atoms with Gasteiger partial charge in [-0.3, -0.25) is 0 Å². The number of thiophene rings is 1. The minimum absolute atomic E-state index is 0.964. The summed E-state index contributed by atoms with van der Waals surface area (Å²) in [5, 5.41) is 9.14. The third-order valence-electron chi connectivity index (χ3n) is 3.16. The molecule has 3 aromatic rings. The highest BCUT2D eigenvalue weighted by Crippen LogP contribution is 2.17. The van der Waals surface area contributed by atoms with E-state index in [1.54, 1.807) is 11.3 Å². The van der Waals surface area contributed by atoms with Crippen LogP contribution in [0.15, 0.2) is 47.3 Å². The molecule has 0 saturated heterocycles. The van der Waals surface area contributed by atoms with Gasteiger partial charge in [-0.2, -0.15) is 11.3 Å². The van der Waals surface area contributed by atoms with Gasteiger partial charge in [0.05, 0.1) is 0 Å². The monoisotopic (exact) mass is 256 g/mol. The van der Waals surface area contributed by atoms with Crippen molar-refractivity contribution in [1.29, 1.82) is 0 Å². The van der Waals surface area contributed by atoms with E-state index < -0.39 is 0 Å². The zero-order valence-corrected chi connectivity index (χ0v) is 11.0. The molecule has 0 aliphatic carbocycles. The van der Waals surface area contributed by atoms with Gasteiger partial charge in [0.2, 0.25) is 0 Å². The lowest BCUT2D eigenvalue weighted by atomic mass is 10.1. The fourth-order valence-corrected chi connectivity index (χ4v) is 2.86. The van der Waals surface area contributed by atoms with Crippen LogP contribution in [0.3, 0.4) is 0 Å². The van der Waals surface area contributed by atoms with Crippen LogP contribution < -0.4 is 5.32 Å². The molecule has 0 aliphatic rings. The van der Waals surface area contributed by atoms with E-state index in [9.17, 15) is 0 Å². The van der Waals surface area contributed by atoms with Crippen LogP contribution in [-0.4, -0.2) is 11.5 Å². The molecule has 0 fully saturated rings. The molecular formula is C15H16N2S. The number of fused-ring (bicyclic) bond motifs is 1. The summed E-state index contributed by atoms with van der Waals surface area (Å²) in [7, 11) is 0. The second-order valence-electron chi connectivity index (χ2n) is 4.42. The molecule has 3 rings (SSSR count). The quantitative estimate of drug-likeness (QED) is 0.671. The standard InChI is InChI=1S/C15H16N2S/c1-2-4-15-14(3-1)13(10-17-15)5-7-16-9-12-6-8-18-11-12/h1-4,6,8,10-11,16-17H,5,7,9H2. The Balaban J connectivity index is 1.57. The molecule has 3 heteroatoms. The van der Waals surface area contributed by atoms with Crippen molar-refractivity contribution in [2.45, 2.75) is 13.0 Å². The fourth-order valence-electron chi connectivity index (χ4n) is 2.19. The summed E-state index contributed by atoms with van der Waals surface area (Å²) in [5.74, 6) is 0. The van der Waals surface area contributed by atoms with Gasteiger partial charge in [-0.25, -0.2) is 0 Å². The average molecular weight is 256 g/mol. The number of aromatic nitrogens is 1. The van der Waals surface area contributed by atoms with Gasteiger partial charge >= 0.3 is 0 Å². The van der Waals surface area contributed by atoms with Gasteiger partial charge in [-0.15, -0.1) is 0 Å². The molecule has 2 heterocycles. The third kappa shape index (κ3) is 2.47. The van der Waals surface area contributed by atoms with Gasteiger partial charge in [-0.05, 0) is 47.0 Å². The Bertz CT molecular complexity index is 610. The molecule has 18 heavy (non-hydrogen) atoms. The zero-order valence-electron chi connectivity index (χ0n) is 10.1. The smallest absolute Gasteiger partial charge is 0.0456 e. The Kier molecular flexibility index (Phi) is 3.44. The second kappa shape index (κ2) is 5.38. The van der Waals surface area contributed by atoms with Crippen LogP contribution >= 0.6 is 11.3 Å². The Morgan fingerprint density at radius 1 is 1.17 bits per heavy atom. The number of nitrogens with one attached hydrogen (secondary N) is 2. The Labute approximate surface area is 111 Å². The SMILES string of the molecule is c1ccc2c(CCNCc3ccsc3)c[nH]c2c1. The normalized spacial score (nSPS) is 11.1. The van der Waals surface area contributed by atoms with Crippen LogP contribution in [0, 0.1) is 0 Å². The second-order valence-corrected chi connectivity index (χ2v) is 5.20. The third-order valence-corrected chi connectivity index (χ3v) is 3.89. The summed E-state index contributed by atoms with van der Waals surface area (Å²) < 4.78 is 0. The maximum Gasteiger partial charge on any atom is 0.0456 e. The van der Waals surface area contributed by atoms with Gasteiger partial charge in [0.1, 0.15) is 0 Å². The summed E-state index contributed by atoms with van der Waals surface area (Å²) in [4.78, 5) is 3.32. The van der Waals surface area contributed by atoms with E-state index in [0.717, 1.165) is 19.5 Å². The molecule has 0 amide bonds. The van der Waals surface area contributed by atoms with Crippen LogP contribution in [0.25, 0.3) is 10.9 Å². The highest BCUT2D eigenvalue weighted by molar-refractivity contribution is 7.07. The van der Waals surface area contributed by atoms with Crippen molar-refractivity contribution in [3.8, 4) is 0 Å². The number of H-pyrrole nitrogens is 1. The van der Waals surface area contributed by atoms with Gasteiger partial charge in [0.15, 0.2) is 0 Å². The van der Waals surface area contributed by atoms with Gasteiger partial charge < -0.3 is 10.3 Å². The number of hydrogen-bond acceptors (Lipinski definition) is 2. The molecular weight excluding hydrogens is 240 g/mol. The summed E-state index contributed by atoms with van der Waals surface area (Å²) in [5.41, 5.74) is 3.99. The van der Waals surface area contributed by atoms with Crippen molar-refractivity contribution < 1.29 is 0 Å². The van der Waals surface area contributed by atoms with E-state index in [1.807, 2.05) is 0 Å². The number of rotatable bonds is 5. The van der Waals surface area contributed by atoms with Crippen molar-refractivity contribution in [1.82, 2.24) is 10.3 Å². The zero-order chi connectivity index (χ0) is 12.2. The molecule has 0 saturated carbocycles. The van der Waals surface area contributed by atoms with Crippen LogP contribution in [-0.2, 0) is 13.0 Å². The highest BCUT2D eigenvalue weighted by Gasteiger charge is 2.02. The summed E-state index contributed by atoms with van der Waals surface area (Å²) in [6.45, 7) is 1.98. The first kappa shape index (κ1) is 11.5. The molecule has 0 aliphatic heterocycles. The van der Waals surface area contributed by atoms with Crippen LogP contribution in [0.2, 0.25) is 0 Å². The maximum absolute atomic E-state index is 3.48. The summed E-state index contributed by atoms with van der Waals surface area (Å²) >= 11 is 1.75. The number of benzene rings is 1. The van der Waals surface area contributed by atoms with Crippen molar-refractivity contribution in [2.75, 3.05) is 6.54 Å². The van der Waals surface area contributed by atoms with Crippen LogP contribution in [0.1, 0.15) is 11.1 Å². The molecule has 0 spiro atoms. The molecule has 2 N–H and O–H groups in total. The first-order valence-electron chi connectivity index (χ1n) is 6.20. The lowest BCUT2D eigenvalue weighted by Crippen LogP contribution is -2.16. The molecule has 2 aromatic heterocycles. The largest absolute Gasteiger partial charge is 0.361 e. The lowest BCUT2D eigenvalue weighted by Gasteiger charge is -2.02. The van der Waals surface area contributed by atoms with E-state index in [1.165, 1.54) is 22.0 Å². The van der Waals surface area contributed by atoms with Crippen molar-refractivity contribution in [3.63, 3.8) is 0 Å². The fraction of sp³-hybridized carbons (Fsp3) is 0.200. The van der Waals surface area contributed by atoms with Gasteiger partial charge in [-0.1, -0.05) is 18.2 Å². The summed E-state index contributed by atoms with van der Waals surface area (Å²) in [6, 6.07) is 10.6. The van der Waals surface area contributed by atoms with E-state index in [2.05, 4.69) is 57.6 Å². The van der Waals surface area contributed by atoms with Crippen LogP contribution in [0.4, 0.5) is 0 Å². The molecule has 0 atom stereocenters. The highest BCUT2D eigenvalue weighted by atomic mass is 32.1. The minimum Gasteiger partial charge on any atom is -0.361 e. The first-order valence-corrected chi connectivity index (χ1v) is 7.14. The lowest BCUT2D eigenvalue weighted by molar-refractivity contribution is 0.690. The van der Waals surface area contributed by atoms with Gasteiger partial charge in [0.25, 0.3) is 0 Å². The molecule has 1 aromatic carbocycles. The van der Waals surface area contributed by atoms with E-state index in [-0.39, 0.29) is 0 Å². The predicted molar refractivity (Wildman–Crippen MR) is 78.0 cm³/mol. The summed E-state index contributed by atoms with van der Waals surface area (Å²) in [6.07, 6.45) is 3.19. The maximum atomic E-state index is 3.48. The van der Waals surface area contributed by atoms with E-state index in [4.69, 9.17) is 0 Å². The minimum atomic E-state index is 0.964. The first-order chi connectivity index (χ1) is 8.93. The topological polar surface area (TPSA) is 27.8 Å². The Morgan fingerprint density at radius 3 is 3.00 bits per heavy atom. The average Bonchev–Trinajstić information content (AvgIpc) is 3.04. The van der Waals surface area contributed by atoms with Crippen molar-refractivity contribution in [2.24, 2.45) is 0 Å². The number of hydrogen-bond donors (Lipinski definition) is 2. The molecule has 2 nitrogen and oxygen atoms in total. The number of aromatic amines is 1. The molecule has 92 valence electrons. The van der Waals surface area contributed by atoms with Crippen molar-refractivity contribution in [3.05, 3.63) is 58.4 Å². The molecule has 0 unspecified atom stereocenters. The van der Waals surface area contributed by atoms with Crippen LogP contribution in [0.5, 0.6) is 0 Å². The Hall–Kier alpha value is -1.58. The predicted octanol–water partition coefficient (Wildman–Crippen LogP) is 3.56. The van der Waals surface area contributed by atoms with E-state index >= 15 is 0 Å².